The average molecular weight is 252 g/mol. The summed E-state index contributed by atoms with van der Waals surface area (Å²) in [6.45, 7) is 0. The predicted octanol–water partition coefficient (Wildman–Crippen LogP) is 2.12. The number of nitrogens with zero attached hydrogens (tertiary/aromatic N) is 3. The van der Waals surface area contributed by atoms with E-state index in [0.29, 0.717) is 5.56 Å². The van der Waals surface area contributed by atoms with Gasteiger partial charge in [0.1, 0.15) is 0 Å². The first-order valence-electron chi connectivity index (χ1n) is 5.81. The first kappa shape index (κ1) is 11.3. The molecule has 0 amide bonds. The number of hydrogen-bond acceptors (Lipinski definition) is 3. The van der Waals surface area contributed by atoms with E-state index in [2.05, 4.69) is 10.3 Å². The van der Waals surface area contributed by atoms with Crippen molar-refractivity contribution in [3.8, 4) is 5.69 Å². The zero-order valence-electron chi connectivity index (χ0n) is 10.1. The summed E-state index contributed by atoms with van der Waals surface area (Å²) < 4.78 is 1.78. The SMILES string of the molecule is NC(=NO)c1ccccc1-n1ncc2ccccc21. The monoisotopic (exact) mass is 252 g/mol. The van der Waals surface area contributed by atoms with E-state index in [4.69, 9.17) is 10.9 Å². The van der Waals surface area contributed by atoms with Crippen LogP contribution in [0.1, 0.15) is 5.56 Å². The molecule has 3 aromatic rings. The van der Waals surface area contributed by atoms with Gasteiger partial charge in [0.15, 0.2) is 5.84 Å². The van der Waals surface area contributed by atoms with Crippen molar-refractivity contribution in [3.63, 3.8) is 0 Å². The van der Waals surface area contributed by atoms with Crippen LogP contribution in [0, 0.1) is 0 Å². The first-order chi connectivity index (χ1) is 9.31. The molecule has 0 saturated carbocycles. The minimum absolute atomic E-state index is 0.0650. The van der Waals surface area contributed by atoms with Gasteiger partial charge in [0.2, 0.25) is 0 Å². The molecule has 3 N–H and O–H groups in total. The number of hydrogen-bond donors (Lipinski definition) is 2. The lowest BCUT2D eigenvalue weighted by atomic mass is 10.1. The van der Waals surface area contributed by atoms with E-state index in [-0.39, 0.29) is 5.84 Å². The van der Waals surface area contributed by atoms with Gasteiger partial charge in [0.05, 0.1) is 17.4 Å². The van der Waals surface area contributed by atoms with Crippen molar-refractivity contribution in [3.05, 3.63) is 60.3 Å². The molecule has 94 valence electrons. The van der Waals surface area contributed by atoms with E-state index in [1.165, 1.54) is 0 Å². The maximum absolute atomic E-state index is 8.86. The number of aromatic nitrogens is 2. The normalized spacial score (nSPS) is 11.9. The van der Waals surface area contributed by atoms with Crippen LogP contribution in [0.15, 0.2) is 59.9 Å². The van der Waals surface area contributed by atoms with E-state index in [9.17, 15) is 0 Å². The predicted molar refractivity (Wildman–Crippen MR) is 73.6 cm³/mol. The van der Waals surface area contributed by atoms with Gasteiger partial charge in [0, 0.05) is 10.9 Å². The quantitative estimate of drug-likeness (QED) is 0.317. The maximum atomic E-state index is 8.86. The van der Waals surface area contributed by atoms with E-state index in [1.54, 1.807) is 16.9 Å². The topological polar surface area (TPSA) is 76.4 Å². The van der Waals surface area contributed by atoms with Gasteiger partial charge in [0.25, 0.3) is 0 Å². The Morgan fingerprint density at radius 1 is 1.11 bits per heavy atom. The molecule has 0 aliphatic rings. The van der Waals surface area contributed by atoms with Crippen LogP contribution in [0.5, 0.6) is 0 Å². The fourth-order valence-electron chi connectivity index (χ4n) is 2.09. The third-order valence-electron chi connectivity index (χ3n) is 2.99. The van der Waals surface area contributed by atoms with Crippen LogP contribution in [0.4, 0.5) is 0 Å². The Bertz CT molecular complexity index is 761. The van der Waals surface area contributed by atoms with Crippen LogP contribution < -0.4 is 5.73 Å². The maximum Gasteiger partial charge on any atom is 0.172 e. The van der Waals surface area contributed by atoms with E-state index in [0.717, 1.165) is 16.6 Å². The van der Waals surface area contributed by atoms with Crippen molar-refractivity contribution in [1.29, 1.82) is 0 Å². The summed E-state index contributed by atoms with van der Waals surface area (Å²) in [5.41, 5.74) is 8.09. The van der Waals surface area contributed by atoms with Crippen LogP contribution in [0.25, 0.3) is 16.6 Å². The summed E-state index contributed by atoms with van der Waals surface area (Å²) in [4.78, 5) is 0. The number of fused-ring (bicyclic) bond motifs is 1. The zero-order chi connectivity index (χ0) is 13.2. The molecule has 0 radical (unpaired) electrons. The highest BCUT2D eigenvalue weighted by atomic mass is 16.4. The van der Waals surface area contributed by atoms with E-state index in [1.807, 2.05) is 42.5 Å². The molecule has 0 saturated heterocycles. The molecule has 0 spiro atoms. The Balaban J connectivity index is 2.28. The lowest BCUT2D eigenvalue weighted by Crippen LogP contribution is -2.16. The van der Waals surface area contributed by atoms with Gasteiger partial charge in [-0.05, 0) is 18.2 Å². The van der Waals surface area contributed by atoms with Crippen molar-refractivity contribution in [2.75, 3.05) is 0 Å². The van der Waals surface area contributed by atoms with Gasteiger partial charge in [-0.25, -0.2) is 4.68 Å². The Labute approximate surface area is 109 Å². The smallest absolute Gasteiger partial charge is 0.172 e. The van der Waals surface area contributed by atoms with Gasteiger partial charge >= 0.3 is 0 Å². The molecular weight excluding hydrogens is 240 g/mol. The summed E-state index contributed by atoms with van der Waals surface area (Å²) in [6, 6.07) is 15.3. The number of rotatable bonds is 2. The van der Waals surface area contributed by atoms with Crippen molar-refractivity contribution in [2.45, 2.75) is 0 Å². The number of para-hydroxylation sites is 2. The van der Waals surface area contributed by atoms with Crippen LogP contribution in [0.3, 0.4) is 0 Å². The van der Waals surface area contributed by atoms with Crippen LogP contribution >= 0.6 is 0 Å². The summed E-state index contributed by atoms with van der Waals surface area (Å²) in [6.07, 6.45) is 1.79. The molecular formula is C14H12N4O. The molecule has 5 heteroatoms. The second kappa shape index (κ2) is 4.45. The highest BCUT2D eigenvalue weighted by Crippen LogP contribution is 2.20. The molecule has 0 fully saturated rings. The molecule has 0 atom stereocenters. The third kappa shape index (κ3) is 1.81. The van der Waals surface area contributed by atoms with Crippen molar-refractivity contribution in [1.82, 2.24) is 9.78 Å². The Hall–Kier alpha value is -2.82. The van der Waals surface area contributed by atoms with Crippen molar-refractivity contribution in [2.24, 2.45) is 10.9 Å². The molecule has 2 aromatic carbocycles. The number of benzene rings is 2. The average Bonchev–Trinajstić information content (AvgIpc) is 2.90. The third-order valence-corrected chi connectivity index (χ3v) is 2.99. The summed E-state index contributed by atoms with van der Waals surface area (Å²) in [5, 5.41) is 17.3. The zero-order valence-corrected chi connectivity index (χ0v) is 10.1. The standard InChI is InChI=1S/C14H12N4O/c15-14(17-19)11-6-2-4-8-13(11)18-12-7-3-1-5-10(12)9-16-18/h1-9,19H,(H2,15,17). The van der Waals surface area contributed by atoms with Gasteiger partial charge in [-0.1, -0.05) is 35.5 Å². The highest BCUT2D eigenvalue weighted by molar-refractivity contribution is 6.00. The van der Waals surface area contributed by atoms with Crippen LogP contribution in [-0.4, -0.2) is 20.8 Å². The fraction of sp³-hybridized carbons (Fsp3) is 0. The Morgan fingerprint density at radius 3 is 2.68 bits per heavy atom. The second-order valence-corrected chi connectivity index (χ2v) is 4.12. The summed E-state index contributed by atoms with van der Waals surface area (Å²) >= 11 is 0. The molecule has 1 heterocycles. The van der Waals surface area contributed by atoms with Gasteiger partial charge in [-0.3, -0.25) is 0 Å². The lowest BCUT2D eigenvalue weighted by molar-refractivity contribution is 0.318. The van der Waals surface area contributed by atoms with Crippen molar-refractivity contribution < 1.29 is 5.21 Å². The molecule has 3 rings (SSSR count). The van der Waals surface area contributed by atoms with Gasteiger partial charge in [-0.15, -0.1) is 0 Å². The fourth-order valence-corrected chi connectivity index (χ4v) is 2.09. The number of amidine groups is 1. The molecule has 0 bridgehead atoms. The Morgan fingerprint density at radius 2 is 1.84 bits per heavy atom. The van der Waals surface area contributed by atoms with Crippen LogP contribution in [-0.2, 0) is 0 Å². The minimum atomic E-state index is 0.0650. The highest BCUT2D eigenvalue weighted by Gasteiger charge is 2.11. The molecule has 1 aromatic heterocycles. The lowest BCUT2D eigenvalue weighted by Gasteiger charge is -2.09. The number of nitrogens with two attached hydrogens (primary N) is 1. The summed E-state index contributed by atoms with van der Waals surface area (Å²) in [5.74, 6) is 0.0650. The first-order valence-corrected chi connectivity index (χ1v) is 5.81. The Kier molecular flexibility index (Phi) is 2.64. The minimum Gasteiger partial charge on any atom is -0.409 e. The molecule has 5 nitrogen and oxygen atoms in total. The molecule has 0 unspecified atom stereocenters. The van der Waals surface area contributed by atoms with Crippen LogP contribution in [0.2, 0.25) is 0 Å². The molecule has 0 aliphatic carbocycles. The van der Waals surface area contributed by atoms with E-state index < -0.39 is 0 Å². The van der Waals surface area contributed by atoms with Gasteiger partial charge in [-0.2, -0.15) is 5.10 Å². The largest absolute Gasteiger partial charge is 0.409 e. The summed E-state index contributed by atoms with van der Waals surface area (Å²) in [7, 11) is 0. The second-order valence-electron chi connectivity index (χ2n) is 4.12. The van der Waals surface area contributed by atoms with Crippen molar-refractivity contribution >= 4 is 16.7 Å². The van der Waals surface area contributed by atoms with Gasteiger partial charge < -0.3 is 10.9 Å². The van der Waals surface area contributed by atoms with E-state index >= 15 is 0 Å². The molecule has 0 aliphatic heterocycles. The molecule has 19 heavy (non-hydrogen) atoms. The number of oxime groups is 1.